The summed E-state index contributed by atoms with van der Waals surface area (Å²) in [7, 11) is 1.88. The van der Waals surface area contributed by atoms with Crippen molar-refractivity contribution in [3.63, 3.8) is 0 Å². The number of hydrogen-bond donors (Lipinski definition) is 0. The highest BCUT2D eigenvalue weighted by Gasteiger charge is 2.17. The summed E-state index contributed by atoms with van der Waals surface area (Å²) in [5.41, 5.74) is 1.85. The van der Waals surface area contributed by atoms with Crippen molar-refractivity contribution >= 4 is 11.8 Å². The Hall–Kier alpha value is -1.43. The van der Waals surface area contributed by atoms with Gasteiger partial charge in [-0.15, -0.1) is 0 Å². The van der Waals surface area contributed by atoms with Gasteiger partial charge in [-0.3, -0.25) is 4.79 Å². The fraction of sp³-hybridized carbons (Fsp3) is 0.400. The first-order valence-corrected chi connectivity index (χ1v) is 6.03. The van der Waals surface area contributed by atoms with Gasteiger partial charge in [-0.2, -0.15) is 4.98 Å². The van der Waals surface area contributed by atoms with Gasteiger partial charge in [0.2, 0.25) is 0 Å². The Morgan fingerprint density at radius 3 is 2.50 bits per heavy atom. The normalized spacial score (nSPS) is 11.0. The predicted molar refractivity (Wildman–Crippen MR) is 62.9 cm³/mol. The number of aromatic nitrogens is 4. The molecule has 2 rings (SSSR count). The predicted octanol–water partition coefficient (Wildman–Crippen LogP) is 1.01. The molecule has 2 aliphatic heterocycles. The monoisotopic (exact) mass is 236 g/mol. The summed E-state index contributed by atoms with van der Waals surface area (Å²) in [6.07, 6.45) is 1.84. The van der Waals surface area contributed by atoms with Crippen LogP contribution < -0.4 is 5.56 Å². The van der Waals surface area contributed by atoms with Crippen molar-refractivity contribution in [3.8, 4) is 11.5 Å². The fourth-order valence-corrected chi connectivity index (χ4v) is 1.83. The largest absolute Gasteiger partial charge is 0.330 e. The zero-order valence-electron chi connectivity index (χ0n) is 9.61. The molecule has 16 heavy (non-hydrogen) atoms. The summed E-state index contributed by atoms with van der Waals surface area (Å²) in [5.74, 6) is 0.590. The van der Waals surface area contributed by atoms with Crippen LogP contribution in [0.4, 0.5) is 0 Å². The fourth-order valence-electron chi connectivity index (χ4n) is 1.48. The van der Waals surface area contributed by atoms with Crippen molar-refractivity contribution in [2.24, 2.45) is 7.05 Å². The summed E-state index contributed by atoms with van der Waals surface area (Å²) in [6, 6.07) is 0. The van der Waals surface area contributed by atoms with E-state index in [4.69, 9.17) is 0 Å². The van der Waals surface area contributed by atoms with Gasteiger partial charge in [0.25, 0.3) is 0 Å². The standard InChI is InChI=1S/C10H12N4OS/c1-5-6(2)14(3)8-7(11-5)9(15)13-10(12-8)16-4/h1-4H3. The molecule has 84 valence electrons. The summed E-state index contributed by atoms with van der Waals surface area (Å²) in [6.45, 7) is 3.82. The zero-order chi connectivity index (χ0) is 11.9. The van der Waals surface area contributed by atoms with Crippen LogP contribution in [0.2, 0.25) is 0 Å². The van der Waals surface area contributed by atoms with E-state index >= 15 is 0 Å². The molecule has 0 bridgehead atoms. The molecule has 0 saturated heterocycles. The zero-order valence-corrected chi connectivity index (χ0v) is 10.4. The molecule has 0 unspecified atom stereocenters. The minimum atomic E-state index is -0.312. The van der Waals surface area contributed by atoms with E-state index in [0.717, 1.165) is 11.4 Å². The number of thioether (sulfide) groups is 1. The van der Waals surface area contributed by atoms with E-state index in [1.807, 2.05) is 31.7 Å². The molecule has 0 N–H and O–H groups in total. The first kappa shape index (κ1) is 11.1. The van der Waals surface area contributed by atoms with Gasteiger partial charge in [0.15, 0.2) is 16.7 Å². The summed E-state index contributed by atoms with van der Waals surface area (Å²) in [4.78, 5) is 24.1. The molecule has 0 radical (unpaired) electrons. The Balaban J connectivity index is 2.90. The number of fused-ring (bicyclic) bond motifs is 1. The van der Waals surface area contributed by atoms with E-state index < -0.39 is 0 Å². The van der Waals surface area contributed by atoms with E-state index in [1.54, 1.807) is 0 Å². The second-order valence-corrected chi connectivity index (χ2v) is 4.30. The van der Waals surface area contributed by atoms with E-state index in [1.165, 1.54) is 11.8 Å². The van der Waals surface area contributed by atoms with Crippen LogP contribution in [0, 0.1) is 13.8 Å². The quantitative estimate of drug-likeness (QED) is 0.546. The SMILES string of the molecule is CSc1nc2n(C)c(C)c(C)nc-2c(=O)n1. The van der Waals surface area contributed by atoms with Crippen molar-refractivity contribution < 1.29 is 0 Å². The van der Waals surface area contributed by atoms with Gasteiger partial charge < -0.3 is 4.57 Å². The third kappa shape index (κ3) is 1.59. The third-order valence-corrected chi connectivity index (χ3v) is 3.17. The van der Waals surface area contributed by atoms with Crippen LogP contribution in [-0.4, -0.2) is 25.8 Å². The van der Waals surface area contributed by atoms with Crippen LogP contribution in [0.3, 0.4) is 0 Å². The average molecular weight is 236 g/mol. The van der Waals surface area contributed by atoms with Crippen molar-refractivity contribution in [2.45, 2.75) is 19.0 Å². The van der Waals surface area contributed by atoms with Crippen LogP contribution in [0.25, 0.3) is 11.5 Å². The minimum absolute atomic E-state index is 0.312. The number of rotatable bonds is 1. The summed E-state index contributed by atoms with van der Waals surface area (Å²) < 4.78 is 1.88. The topological polar surface area (TPSA) is 60.7 Å². The molecular weight excluding hydrogens is 224 g/mol. The van der Waals surface area contributed by atoms with Gasteiger partial charge in [0, 0.05) is 12.7 Å². The Kier molecular flexibility index (Phi) is 2.67. The highest BCUT2D eigenvalue weighted by Crippen LogP contribution is 2.18. The first-order valence-electron chi connectivity index (χ1n) is 4.80. The lowest BCUT2D eigenvalue weighted by Crippen LogP contribution is -2.21. The molecule has 6 heteroatoms. The van der Waals surface area contributed by atoms with Gasteiger partial charge in [-0.1, -0.05) is 11.8 Å². The van der Waals surface area contributed by atoms with Crippen molar-refractivity contribution in [3.05, 3.63) is 21.7 Å². The van der Waals surface area contributed by atoms with Crippen molar-refractivity contribution in [2.75, 3.05) is 6.26 Å². The number of aryl methyl sites for hydroxylation is 1. The van der Waals surface area contributed by atoms with Crippen LogP contribution in [-0.2, 0) is 7.05 Å². The highest BCUT2D eigenvalue weighted by molar-refractivity contribution is 7.98. The lowest BCUT2D eigenvalue weighted by Gasteiger charge is -2.14. The molecule has 0 aromatic carbocycles. The highest BCUT2D eigenvalue weighted by atomic mass is 32.2. The molecular formula is C10H12N4OS. The molecule has 2 heterocycles. The summed E-state index contributed by atoms with van der Waals surface area (Å²) >= 11 is 1.35. The van der Waals surface area contributed by atoms with Crippen LogP contribution in [0.15, 0.2) is 9.95 Å². The molecule has 5 nitrogen and oxygen atoms in total. The molecule has 0 aliphatic carbocycles. The maximum absolute atomic E-state index is 11.7. The van der Waals surface area contributed by atoms with E-state index in [0.29, 0.717) is 16.7 Å². The molecule has 0 fully saturated rings. The summed E-state index contributed by atoms with van der Waals surface area (Å²) in [5, 5.41) is 0.484. The van der Waals surface area contributed by atoms with Gasteiger partial charge in [0.1, 0.15) is 0 Å². The third-order valence-electron chi connectivity index (χ3n) is 2.62. The van der Waals surface area contributed by atoms with Gasteiger partial charge >= 0.3 is 5.56 Å². The number of hydrogen-bond acceptors (Lipinski definition) is 5. The van der Waals surface area contributed by atoms with Crippen LogP contribution >= 0.6 is 11.8 Å². The Bertz CT molecular complexity index is 578. The van der Waals surface area contributed by atoms with Crippen LogP contribution in [0.1, 0.15) is 11.4 Å². The molecule has 0 spiro atoms. The smallest absolute Gasteiger partial charge is 0.301 e. The Morgan fingerprint density at radius 2 is 1.88 bits per heavy atom. The Morgan fingerprint density at radius 1 is 1.19 bits per heavy atom. The molecule has 2 aliphatic rings. The second kappa shape index (κ2) is 3.86. The maximum Gasteiger partial charge on any atom is 0.301 e. The Labute approximate surface area is 97.3 Å². The molecule has 0 amide bonds. The van der Waals surface area contributed by atoms with Gasteiger partial charge in [-0.05, 0) is 20.1 Å². The van der Waals surface area contributed by atoms with Gasteiger partial charge in [-0.25, -0.2) is 9.97 Å². The average Bonchev–Trinajstić information content (AvgIpc) is 2.27. The molecule has 0 aromatic heterocycles. The molecule has 0 aromatic rings. The second-order valence-electron chi connectivity index (χ2n) is 3.53. The van der Waals surface area contributed by atoms with E-state index in [-0.39, 0.29) is 5.56 Å². The first-order chi connectivity index (χ1) is 7.54. The minimum Gasteiger partial charge on any atom is -0.330 e. The number of nitrogens with zero attached hydrogens (tertiary/aromatic N) is 4. The molecule has 0 atom stereocenters. The molecule has 0 saturated carbocycles. The van der Waals surface area contributed by atoms with Crippen molar-refractivity contribution in [1.82, 2.24) is 19.5 Å². The van der Waals surface area contributed by atoms with Gasteiger partial charge in [0.05, 0.1) is 5.69 Å². The van der Waals surface area contributed by atoms with E-state index in [2.05, 4.69) is 15.0 Å². The van der Waals surface area contributed by atoms with E-state index in [9.17, 15) is 4.79 Å². The maximum atomic E-state index is 11.7. The lowest BCUT2D eigenvalue weighted by molar-refractivity contribution is 0.767. The van der Waals surface area contributed by atoms with Crippen LogP contribution in [0.5, 0.6) is 0 Å². The lowest BCUT2D eigenvalue weighted by atomic mass is 10.3. The van der Waals surface area contributed by atoms with Crippen molar-refractivity contribution in [1.29, 1.82) is 0 Å².